The number of nitrogens with two attached hydrogens (primary N) is 1. The number of amides is 2. The van der Waals surface area contributed by atoms with E-state index in [1.54, 1.807) is 0 Å². The maximum Gasteiger partial charge on any atom is 0.329 e. The standard InChI is InChI=1S/C4H7ClN2O/c1-2-3-7(5)4(6)8/h2H,1,3H2,(H2,6,8). The summed E-state index contributed by atoms with van der Waals surface area (Å²) in [7, 11) is 0. The zero-order chi connectivity index (χ0) is 6.57. The molecule has 2 N–H and O–H groups in total. The zero-order valence-electron chi connectivity index (χ0n) is 4.30. The van der Waals surface area contributed by atoms with Crippen LogP contribution in [0.1, 0.15) is 0 Å². The number of rotatable bonds is 2. The predicted octanol–water partition coefficient (Wildman–Crippen LogP) is 0.707. The predicted molar refractivity (Wildman–Crippen MR) is 32.3 cm³/mol. The smallest absolute Gasteiger partial charge is 0.329 e. The summed E-state index contributed by atoms with van der Waals surface area (Å²) in [4.78, 5) is 10.1. The summed E-state index contributed by atoms with van der Waals surface area (Å²) in [5.74, 6) is 0. The SMILES string of the molecule is C=CCN(Cl)C(N)=O. The largest absolute Gasteiger partial charge is 0.350 e. The van der Waals surface area contributed by atoms with Crippen molar-refractivity contribution in [2.75, 3.05) is 6.54 Å². The van der Waals surface area contributed by atoms with Crippen molar-refractivity contribution in [1.82, 2.24) is 4.42 Å². The lowest BCUT2D eigenvalue weighted by Gasteiger charge is -2.04. The van der Waals surface area contributed by atoms with Crippen molar-refractivity contribution in [1.29, 1.82) is 0 Å². The second-order valence-electron chi connectivity index (χ2n) is 1.17. The second-order valence-corrected chi connectivity index (χ2v) is 1.58. The van der Waals surface area contributed by atoms with E-state index < -0.39 is 6.03 Å². The molecule has 0 saturated heterocycles. The lowest BCUT2D eigenvalue weighted by atomic mass is 10.6. The molecule has 4 heteroatoms. The number of carbonyl (C=O) groups is 1. The first-order chi connectivity index (χ1) is 3.68. The zero-order valence-corrected chi connectivity index (χ0v) is 5.06. The van der Waals surface area contributed by atoms with Crippen LogP contribution in [0.5, 0.6) is 0 Å². The van der Waals surface area contributed by atoms with Crippen LogP contribution in [0.2, 0.25) is 0 Å². The normalized spacial score (nSPS) is 8.12. The number of nitrogens with zero attached hydrogens (tertiary/aromatic N) is 1. The van der Waals surface area contributed by atoms with Gasteiger partial charge in [0.25, 0.3) is 0 Å². The van der Waals surface area contributed by atoms with Gasteiger partial charge in [-0.3, -0.25) is 0 Å². The fourth-order valence-electron chi connectivity index (χ4n) is 0.203. The minimum atomic E-state index is -0.661. The van der Waals surface area contributed by atoms with Gasteiger partial charge in [-0.25, -0.2) is 9.21 Å². The van der Waals surface area contributed by atoms with Crippen LogP contribution in [0, 0.1) is 0 Å². The highest BCUT2D eigenvalue weighted by Gasteiger charge is 1.99. The average Bonchev–Trinajstić information content (AvgIpc) is 1.67. The Morgan fingerprint density at radius 3 is 2.62 bits per heavy atom. The number of hydrogen-bond donors (Lipinski definition) is 1. The minimum Gasteiger partial charge on any atom is -0.350 e. The van der Waals surface area contributed by atoms with Gasteiger partial charge in [0.1, 0.15) is 0 Å². The summed E-state index contributed by atoms with van der Waals surface area (Å²) in [5, 5.41) is 0. The molecule has 0 aliphatic rings. The summed E-state index contributed by atoms with van der Waals surface area (Å²) in [5.41, 5.74) is 4.73. The highest BCUT2D eigenvalue weighted by atomic mass is 35.5. The molecule has 0 aliphatic heterocycles. The Balaban J connectivity index is 3.46. The third-order valence-electron chi connectivity index (χ3n) is 0.529. The van der Waals surface area contributed by atoms with Crippen LogP contribution < -0.4 is 5.73 Å². The summed E-state index contributed by atoms with van der Waals surface area (Å²) in [6.07, 6.45) is 1.48. The molecular formula is C4H7ClN2O. The topological polar surface area (TPSA) is 46.3 Å². The first-order valence-electron chi connectivity index (χ1n) is 2.02. The van der Waals surface area contributed by atoms with E-state index in [4.69, 9.17) is 17.5 Å². The van der Waals surface area contributed by atoms with Crippen molar-refractivity contribution in [3.63, 3.8) is 0 Å². The van der Waals surface area contributed by atoms with Crippen LogP contribution in [-0.2, 0) is 0 Å². The van der Waals surface area contributed by atoms with Gasteiger partial charge in [0.05, 0.1) is 6.54 Å². The average molecular weight is 135 g/mol. The number of urea groups is 1. The Kier molecular flexibility index (Phi) is 3.03. The summed E-state index contributed by atoms with van der Waals surface area (Å²) < 4.78 is 0.840. The van der Waals surface area contributed by atoms with Crippen molar-refractivity contribution >= 4 is 17.8 Å². The molecule has 0 aromatic carbocycles. The van der Waals surface area contributed by atoms with Crippen molar-refractivity contribution in [3.8, 4) is 0 Å². The Bertz CT molecular complexity index is 104. The molecule has 0 saturated carbocycles. The lowest BCUT2D eigenvalue weighted by Crippen LogP contribution is -2.27. The second kappa shape index (κ2) is 3.32. The van der Waals surface area contributed by atoms with E-state index in [-0.39, 0.29) is 6.54 Å². The summed E-state index contributed by atoms with van der Waals surface area (Å²) in [6, 6.07) is -0.661. The van der Waals surface area contributed by atoms with Gasteiger partial charge in [-0.05, 0) is 0 Å². The maximum atomic E-state index is 10.1. The highest BCUT2D eigenvalue weighted by Crippen LogP contribution is 1.90. The van der Waals surface area contributed by atoms with Crippen LogP contribution in [0.15, 0.2) is 12.7 Å². The van der Waals surface area contributed by atoms with E-state index in [9.17, 15) is 4.79 Å². The molecule has 2 amide bonds. The first-order valence-corrected chi connectivity index (χ1v) is 2.36. The quantitative estimate of drug-likeness (QED) is 0.439. The van der Waals surface area contributed by atoms with Gasteiger partial charge < -0.3 is 5.73 Å². The van der Waals surface area contributed by atoms with Gasteiger partial charge in [0.15, 0.2) is 0 Å². The van der Waals surface area contributed by atoms with Crippen molar-refractivity contribution in [2.24, 2.45) is 5.73 Å². The van der Waals surface area contributed by atoms with Crippen LogP contribution in [0.25, 0.3) is 0 Å². The molecule has 0 rings (SSSR count). The Morgan fingerprint density at radius 1 is 2.00 bits per heavy atom. The summed E-state index contributed by atoms with van der Waals surface area (Å²) >= 11 is 5.20. The number of halogens is 1. The Morgan fingerprint density at radius 2 is 2.50 bits per heavy atom. The Hall–Kier alpha value is -0.700. The maximum absolute atomic E-state index is 10.1. The van der Waals surface area contributed by atoms with Crippen molar-refractivity contribution < 1.29 is 4.79 Å². The van der Waals surface area contributed by atoms with Crippen molar-refractivity contribution in [2.45, 2.75) is 0 Å². The fraction of sp³-hybridized carbons (Fsp3) is 0.250. The van der Waals surface area contributed by atoms with Gasteiger partial charge in [0, 0.05) is 11.8 Å². The van der Waals surface area contributed by atoms with Crippen LogP contribution >= 0.6 is 11.8 Å². The van der Waals surface area contributed by atoms with Gasteiger partial charge in [0.2, 0.25) is 0 Å². The monoisotopic (exact) mass is 134 g/mol. The molecule has 3 nitrogen and oxygen atoms in total. The van der Waals surface area contributed by atoms with Crippen LogP contribution in [0.4, 0.5) is 4.79 Å². The molecule has 0 spiro atoms. The lowest BCUT2D eigenvalue weighted by molar-refractivity contribution is 0.236. The third-order valence-corrected chi connectivity index (χ3v) is 0.833. The van der Waals surface area contributed by atoms with E-state index in [0.717, 1.165) is 4.42 Å². The molecule has 8 heavy (non-hydrogen) atoms. The summed E-state index contributed by atoms with van der Waals surface area (Å²) in [6.45, 7) is 3.62. The molecule has 0 bridgehead atoms. The van der Waals surface area contributed by atoms with Gasteiger partial charge >= 0.3 is 6.03 Å². The minimum absolute atomic E-state index is 0.275. The van der Waals surface area contributed by atoms with Crippen molar-refractivity contribution in [3.05, 3.63) is 12.7 Å². The number of carbonyl (C=O) groups excluding carboxylic acids is 1. The molecule has 0 aliphatic carbocycles. The van der Waals surface area contributed by atoms with E-state index in [1.807, 2.05) is 0 Å². The van der Waals surface area contributed by atoms with E-state index >= 15 is 0 Å². The molecule has 0 radical (unpaired) electrons. The van der Waals surface area contributed by atoms with E-state index in [0.29, 0.717) is 0 Å². The van der Waals surface area contributed by atoms with E-state index in [2.05, 4.69) is 6.58 Å². The fourth-order valence-corrected chi connectivity index (χ4v) is 0.301. The molecule has 0 fully saturated rings. The first kappa shape index (κ1) is 7.30. The number of primary amides is 1. The van der Waals surface area contributed by atoms with Gasteiger partial charge in [-0.2, -0.15) is 0 Å². The molecule has 0 heterocycles. The molecule has 0 aromatic rings. The molecular weight excluding hydrogens is 128 g/mol. The third kappa shape index (κ3) is 2.47. The Labute approximate surface area is 52.8 Å². The van der Waals surface area contributed by atoms with Gasteiger partial charge in [-0.1, -0.05) is 6.08 Å². The van der Waals surface area contributed by atoms with Gasteiger partial charge in [-0.15, -0.1) is 6.58 Å². The highest BCUT2D eigenvalue weighted by molar-refractivity contribution is 6.20. The molecule has 0 unspecified atom stereocenters. The van der Waals surface area contributed by atoms with Crippen LogP contribution in [-0.4, -0.2) is 17.0 Å². The van der Waals surface area contributed by atoms with Crippen LogP contribution in [0.3, 0.4) is 0 Å². The molecule has 46 valence electrons. The van der Waals surface area contributed by atoms with E-state index in [1.165, 1.54) is 6.08 Å². The molecule has 0 atom stereocenters. The number of hydrogen-bond acceptors (Lipinski definition) is 1. The molecule has 0 aromatic heterocycles.